The summed E-state index contributed by atoms with van der Waals surface area (Å²) in [4.78, 5) is 3.74. The zero-order valence-corrected chi connectivity index (χ0v) is 13.4. The molecule has 106 valence electrons. The number of aryl methyl sites for hydroxylation is 1. The number of aromatic nitrogens is 1. The molecule has 0 unspecified atom stereocenters. The number of nitrogens with one attached hydrogen (secondary N) is 1. The fraction of sp³-hybridized carbons (Fsp3) is 0.0833. The molecule has 0 saturated carbocycles. The second-order valence-corrected chi connectivity index (χ2v) is 6.84. The molecule has 1 aromatic heterocycles. The second-order valence-electron chi connectivity index (χ2n) is 3.97. The molecule has 0 aliphatic carbocycles. The second kappa shape index (κ2) is 5.67. The summed E-state index contributed by atoms with van der Waals surface area (Å²) in [5.74, 6) is -0.536. The Balaban J connectivity index is 2.46. The molecule has 0 aliphatic rings. The topological polar surface area (TPSA) is 59.1 Å². The van der Waals surface area contributed by atoms with Crippen molar-refractivity contribution < 1.29 is 12.8 Å². The number of hydrogen-bond donors (Lipinski definition) is 1. The van der Waals surface area contributed by atoms with Crippen LogP contribution in [0.2, 0.25) is 5.15 Å². The average molecular weight is 380 g/mol. The van der Waals surface area contributed by atoms with E-state index in [0.29, 0.717) is 5.56 Å². The predicted octanol–water partition coefficient (Wildman–Crippen LogP) is 3.75. The Hall–Kier alpha value is -1.18. The van der Waals surface area contributed by atoms with E-state index in [0.717, 1.165) is 12.1 Å². The first-order valence-corrected chi connectivity index (χ1v) is 8.05. The highest BCUT2D eigenvalue weighted by molar-refractivity contribution is 9.10. The standard InChI is InChI=1S/C12H9BrClFN2O2S/c1-7-4-5-16-12(14)11(7)17-20(18,19)10-3-2-8(15)6-9(10)13/h2-6,17H,1H3. The average Bonchev–Trinajstić information content (AvgIpc) is 2.33. The molecule has 8 heteroatoms. The number of benzene rings is 1. The van der Waals surface area contributed by atoms with Crippen LogP contribution in [0.25, 0.3) is 0 Å². The molecule has 0 spiro atoms. The molecule has 0 amide bonds. The Labute approximate surface area is 129 Å². The molecular weight excluding hydrogens is 371 g/mol. The Bertz CT molecular complexity index is 748. The summed E-state index contributed by atoms with van der Waals surface area (Å²) in [5.41, 5.74) is 0.831. The number of rotatable bonds is 3. The van der Waals surface area contributed by atoms with E-state index in [1.165, 1.54) is 12.3 Å². The summed E-state index contributed by atoms with van der Waals surface area (Å²) in [7, 11) is -3.89. The maximum atomic E-state index is 13.0. The highest BCUT2D eigenvalue weighted by Gasteiger charge is 2.20. The van der Waals surface area contributed by atoms with Gasteiger partial charge in [0.2, 0.25) is 0 Å². The van der Waals surface area contributed by atoms with Crippen molar-refractivity contribution in [3.63, 3.8) is 0 Å². The normalized spacial score (nSPS) is 11.4. The first-order valence-electron chi connectivity index (χ1n) is 5.40. The van der Waals surface area contributed by atoms with Gasteiger partial charge in [-0.1, -0.05) is 11.6 Å². The Morgan fingerprint density at radius 3 is 2.65 bits per heavy atom. The molecule has 4 nitrogen and oxygen atoms in total. The zero-order chi connectivity index (χ0) is 14.9. The highest BCUT2D eigenvalue weighted by atomic mass is 79.9. The van der Waals surface area contributed by atoms with Crippen LogP contribution in [0, 0.1) is 12.7 Å². The van der Waals surface area contributed by atoms with Crippen LogP contribution in [0.1, 0.15) is 5.56 Å². The van der Waals surface area contributed by atoms with E-state index in [1.807, 2.05) is 0 Å². The van der Waals surface area contributed by atoms with Gasteiger partial charge >= 0.3 is 0 Å². The molecule has 0 atom stereocenters. The van der Waals surface area contributed by atoms with Gasteiger partial charge in [-0.25, -0.2) is 17.8 Å². The van der Waals surface area contributed by atoms with Crippen LogP contribution in [-0.4, -0.2) is 13.4 Å². The van der Waals surface area contributed by atoms with Gasteiger partial charge in [0, 0.05) is 10.7 Å². The van der Waals surface area contributed by atoms with Crippen LogP contribution in [0.5, 0.6) is 0 Å². The molecule has 20 heavy (non-hydrogen) atoms. The highest BCUT2D eigenvalue weighted by Crippen LogP contribution is 2.29. The minimum atomic E-state index is -3.89. The molecule has 0 fully saturated rings. The summed E-state index contributed by atoms with van der Waals surface area (Å²) in [6, 6.07) is 4.94. The fourth-order valence-electron chi connectivity index (χ4n) is 1.53. The van der Waals surface area contributed by atoms with Crippen LogP contribution in [0.3, 0.4) is 0 Å². The summed E-state index contributed by atoms with van der Waals surface area (Å²) >= 11 is 8.90. The van der Waals surface area contributed by atoms with E-state index in [9.17, 15) is 12.8 Å². The molecular formula is C12H9BrClFN2O2S. The van der Waals surface area contributed by atoms with Gasteiger partial charge in [-0.15, -0.1) is 0 Å². The van der Waals surface area contributed by atoms with Crippen molar-refractivity contribution in [2.24, 2.45) is 0 Å². The Morgan fingerprint density at radius 2 is 2.05 bits per heavy atom. The monoisotopic (exact) mass is 378 g/mol. The van der Waals surface area contributed by atoms with Crippen molar-refractivity contribution >= 4 is 43.2 Å². The number of pyridine rings is 1. The molecule has 1 aromatic carbocycles. The van der Waals surface area contributed by atoms with Crippen LogP contribution in [0.4, 0.5) is 10.1 Å². The predicted molar refractivity (Wildman–Crippen MR) is 78.9 cm³/mol. The maximum Gasteiger partial charge on any atom is 0.263 e. The van der Waals surface area contributed by atoms with Gasteiger partial charge < -0.3 is 0 Å². The zero-order valence-electron chi connectivity index (χ0n) is 10.2. The molecule has 1 N–H and O–H groups in total. The van der Waals surface area contributed by atoms with Crippen molar-refractivity contribution in [2.75, 3.05) is 4.72 Å². The van der Waals surface area contributed by atoms with Gasteiger partial charge in [-0.2, -0.15) is 0 Å². The van der Waals surface area contributed by atoms with Gasteiger partial charge in [0.05, 0.1) is 5.69 Å². The minimum absolute atomic E-state index is 0.0480. The smallest absolute Gasteiger partial charge is 0.263 e. The fourth-order valence-corrected chi connectivity index (χ4v) is 4.03. The summed E-state index contributed by atoms with van der Waals surface area (Å²) in [6.45, 7) is 1.70. The van der Waals surface area contributed by atoms with Crippen LogP contribution >= 0.6 is 27.5 Å². The number of halogens is 3. The molecule has 2 rings (SSSR count). The molecule has 0 radical (unpaired) electrons. The van der Waals surface area contributed by atoms with E-state index >= 15 is 0 Å². The molecule has 0 saturated heterocycles. The molecule has 0 aliphatic heterocycles. The van der Waals surface area contributed by atoms with Gasteiger partial charge in [0.15, 0.2) is 5.15 Å². The lowest BCUT2D eigenvalue weighted by atomic mass is 10.3. The van der Waals surface area contributed by atoms with Crippen LogP contribution in [0.15, 0.2) is 39.8 Å². The van der Waals surface area contributed by atoms with E-state index in [2.05, 4.69) is 25.6 Å². The third kappa shape index (κ3) is 3.11. The number of sulfonamides is 1. The summed E-state index contributed by atoms with van der Waals surface area (Å²) < 4.78 is 40.1. The van der Waals surface area contributed by atoms with Gasteiger partial charge in [0.25, 0.3) is 10.0 Å². The third-order valence-corrected chi connectivity index (χ3v) is 5.15. The van der Waals surface area contributed by atoms with Crippen molar-refractivity contribution in [3.8, 4) is 0 Å². The minimum Gasteiger partial charge on any atom is -0.276 e. The molecule has 1 heterocycles. The first-order chi connectivity index (χ1) is 9.31. The largest absolute Gasteiger partial charge is 0.276 e. The number of nitrogens with zero attached hydrogens (tertiary/aromatic N) is 1. The summed E-state index contributed by atoms with van der Waals surface area (Å²) in [5, 5.41) is 0.0480. The SMILES string of the molecule is Cc1ccnc(Cl)c1NS(=O)(=O)c1ccc(F)cc1Br. The van der Waals surface area contributed by atoms with Gasteiger partial charge in [-0.05, 0) is 52.7 Å². The lowest BCUT2D eigenvalue weighted by molar-refractivity contribution is 0.599. The quantitative estimate of drug-likeness (QED) is 0.826. The van der Waals surface area contributed by atoms with Gasteiger partial charge in [0.1, 0.15) is 10.7 Å². The lowest BCUT2D eigenvalue weighted by Gasteiger charge is -2.12. The maximum absolute atomic E-state index is 13.0. The van der Waals surface area contributed by atoms with Crippen molar-refractivity contribution in [1.29, 1.82) is 0 Å². The van der Waals surface area contributed by atoms with Crippen molar-refractivity contribution in [1.82, 2.24) is 4.98 Å². The van der Waals surface area contributed by atoms with Crippen LogP contribution < -0.4 is 4.72 Å². The van der Waals surface area contributed by atoms with E-state index < -0.39 is 15.8 Å². The Morgan fingerprint density at radius 1 is 1.35 bits per heavy atom. The van der Waals surface area contributed by atoms with Crippen molar-refractivity contribution in [3.05, 3.63) is 51.5 Å². The number of anilines is 1. The van der Waals surface area contributed by atoms with E-state index in [-0.39, 0.29) is 20.2 Å². The number of hydrogen-bond acceptors (Lipinski definition) is 3. The molecule has 0 bridgehead atoms. The van der Waals surface area contributed by atoms with E-state index in [1.54, 1.807) is 13.0 Å². The van der Waals surface area contributed by atoms with Gasteiger partial charge in [-0.3, -0.25) is 4.72 Å². The van der Waals surface area contributed by atoms with E-state index in [4.69, 9.17) is 11.6 Å². The lowest BCUT2D eigenvalue weighted by Crippen LogP contribution is -2.15. The Kier molecular flexibility index (Phi) is 4.31. The molecule has 2 aromatic rings. The summed E-state index contributed by atoms with van der Waals surface area (Å²) in [6.07, 6.45) is 1.48. The first kappa shape index (κ1) is 15.2. The third-order valence-electron chi connectivity index (χ3n) is 2.53. The van der Waals surface area contributed by atoms with Crippen molar-refractivity contribution in [2.45, 2.75) is 11.8 Å². The van der Waals surface area contributed by atoms with Crippen LogP contribution in [-0.2, 0) is 10.0 Å².